The molecule has 80 heavy (non-hydrogen) atoms. The van der Waals surface area contributed by atoms with Crippen molar-refractivity contribution in [1.29, 1.82) is 0 Å². The van der Waals surface area contributed by atoms with Crippen molar-refractivity contribution < 1.29 is 58.4 Å². The van der Waals surface area contributed by atoms with Gasteiger partial charge in [-0.3, -0.25) is 0 Å². The van der Waals surface area contributed by atoms with Crippen LogP contribution in [0.25, 0.3) is 89.7 Å². The van der Waals surface area contributed by atoms with Crippen LogP contribution >= 0.6 is 0 Å². The number of H-pyrrole nitrogens is 2. The maximum absolute atomic E-state index is 11.9. The first-order valence-corrected chi connectivity index (χ1v) is 25.0. The minimum absolute atomic E-state index is 0.0230. The van der Waals surface area contributed by atoms with E-state index in [0.717, 1.165) is 50.7 Å². The second-order valence-electron chi connectivity index (χ2n) is 20.2. The van der Waals surface area contributed by atoms with Gasteiger partial charge < -0.3 is 44.6 Å². The van der Waals surface area contributed by atoms with Crippen LogP contribution in [0.5, 0.6) is 23.0 Å². The average Bonchev–Trinajstić information content (AvgIpc) is 4.17. The topological polar surface area (TPSA) is 277 Å². The molecule has 0 atom stereocenters. The first-order valence-electron chi connectivity index (χ1n) is 25.0. The predicted molar refractivity (Wildman–Crippen MR) is 294 cm³/mol. The standard InChI is InChI=1S/C61H44N8O11/c1-61(2,3)36-13-15-43-47(26-36)53-65-51(43)63-49-41-9-5-6-10-42(41)50(62-49)64-52-44-16-14-37(27-48(44)54(66-52)68-56-46-12-8-7-11-45(46)55(67-53)69(56)4)80-40-18-30(28-78-38-22-32(57(70)71)20-33(23-38)58(72)73)17-31(19-40)29-79-39-24-34(59(74)75)21-35(25-39)60(76)77/h5-27H,28-29H2,1-4H3,(H5,62,63,64,65,66,67,68,70,71,72,73,74,75,76,77)/p+1. The number of ether oxygens (including phenoxy) is 3. The molecule has 5 heterocycles. The maximum atomic E-state index is 11.9. The highest BCUT2D eigenvalue weighted by molar-refractivity contribution is 6.07. The third-order valence-electron chi connectivity index (χ3n) is 13.8. The van der Waals surface area contributed by atoms with Crippen LogP contribution in [0.4, 0.5) is 0 Å². The van der Waals surface area contributed by atoms with Crippen LogP contribution in [0.1, 0.15) is 78.9 Å². The summed E-state index contributed by atoms with van der Waals surface area (Å²) in [5.41, 5.74) is 6.18. The smallest absolute Gasteiger partial charge is 0.335 e. The fourth-order valence-corrected chi connectivity index (χ4v) is 9.82. The fourth-order valence-electron chi connectivity index (χ4n) is 9.82. The molecule has 12 rings (SSSR count). The van der Waals surface area contributed by atoms with E-state index in [0.29, 0.717) is 73.5 Å². The molecule has 10 aromatic rings. The largest absolute Gasteiger partial charge is 0.489 e. The van der Waals surface area contributed by atoms with E-state index >= 15 is 0 Å². The second-order valence-corrected chi connectivity index (χ2v) is 20.2. The number of fused-ring (bicyclic) bond motifs is 20. The van der Waals surface area contributed by atoms with Gasteiger partial charge in [0.05, 0.1) is 40.4 Å². The Balaban J connectivity index is 1.02. The summed E-state index contributed by atoms with van der Waals surface area (Å²) >= 11 is 0. The van der Waals surface area contributed by atoms with Crippen molar-refractivity contribution in [2.24, 2.45) is 7.05 Å². The molecule has 0 unspecified atom stereocenters. The van der Waals surface area contributed by atoms with E-state index in [1.165, 1.54) is 24.3 Å². The van der Waals surface area contributed by atoms with Crippen LogP contribution in [-0.2, 0) is 25.7 Å². The van der Waals surface area contributed by atoms with Gasteiger partial charge in [0.25, 0.3) is 11.6 Å². The van der Waals surface area contributed by atoms with Crippen molar-refractivity contribution in [3.63, 3.8) is 0 Å². The highest BCUT2D eigenvalue weighted by Crippen LogP contribution is 2.38. The van der Waals surface area contributed by atoms with Gasteiger partial charge in [0.2, 0.25) is 11.3 Å². The summed E-state index contributed by atoms with van der Waals surface area (Å²) in [5.74, 6) is -2.63. The zero-order valence-electron chi connectivity index (χ0n) is 43.0. The molecular weight excluding hydrogens is 1020 g/mol. The van der Waals surface area contributed by atoms with Crippen LogP contribution in [0, 0.1) is 0 Å². The van der Waals surface area contributed by atoms with Crippen LogP contribution < -0.4 is 18.8 Å². The molecule has 2 aliphatic heterocycles. The number of hydrogen-bond acceptors (Lipinski definition) is 12. The molecule has 6 N–H and O–H groups in total. The third kappa shape index (κ3) is 9.37. The monoisotopic (exact) mass is 1070 g/mol. The Kier molecular flexibility index (Phi) is 12.1. The summed E-state index contributed by atoms with van der Waals surface area (Å²) in [7, 11) is 1.92. The summed E-state index contributed by atoms with van der Waals surface area (Å²) in [6.45, 7) is 6.11. The Morgan fingerprint density at radius 2 is 0.875 bits per heavy atom. The molecular formula is C61H45N8O11+. The molecule has 0 aliphatic carbocycles. The minimum atomic E-state index is -1.35. The first kappa shape index (κ1) is 50.0. The highest BCUT2D eigenvalue weighted by atomic mass is 16.5. The summed E-state index contributed by atoms with van der Waals surface area (Å²) in [6.07, 6.45) is 0. The van der Waals surface area contributed by atoms with Crippen molar-refractivity contribution in [3.8, 4) is 68.5 Å². The Bertz CT molecular complexity index is 4340. The second kappa shape index (κ2) is 19.3. The Labute approximate surface area is 453 Å². The van der Waals surface area contributed by atoms with E-state index in [9.17, 15) is 39.6 Å². The molecule has 0 spiro atoms. The lowest BCUT2D eigenvalue weighted by Crippen LogP contribution is -2.30. The number of carboxylic acids is 4. The zero-order valence-corrected chi connectivity index (χ0v) is 43.0. The average molecular weight is 1070 g/mol. The van der Waals surface area contributed by atoms with Crippen molar-refractivity contribution in [2.75, 3.05) is 0 Å². The lowest BCUT2D eigenvalue weighted by molar-refractivity contribution is -0.650. The van der Waals surface area contributed by atoms with Crippen LogP contribution in [0.2, 0.25) is 0 Å². The number of aromatic carboxylic acids is 4. The molecule has 394 valence electrons. The zero-order chi connectivity index (χ0) is 55.7. The highest BCUT2D eigenvalue weighted by Gasteiger charge is 2.30. The van der Waals surface area contributed by atoms with Crippen LogP contribution in [-0.4, -0.2) is 79.2 Å². The SMILES string of the molecule is C[n+]1c2nc3[nH]c(nc4nc(nc5[nH]c(nc1-c1ccccc1-2)c1cc(C(C)(C)C)ccc51)-c1ccccc1-4)c1ccc(Oc2cc(COc4cc(C(=O)O)cc(C(=O)O)c4)cc(COc4cc(C(=O)O)cc(C(=O)O)c4)c2)cc31. The Hall–Kier alpha value is -10.8. The number of rotatable bonds is 12. The number of aromatic nitrogens is 8. The molecule has 3 aromatic heterocycles. The van der Waals surface area contributed by atoms with E-state index < -0.39 is 23.9 Å². The predicted octanol–water partition coefficient (Wildman–Crippen LogP) is 11.3. The molecule has 0 fully saturated rings. The van der Waals surface area contributed by atoms with Gasteiger partial charge in [0, 0.05) is 32.7 Å². The molecule has 8 bridgehead atoms. The van der Waals surface area contributed by atoms with E-state index in [4.69, 9.17) is 39.1 Å². The summed E-state index contributed by atoms with van der Waals surface area (Å²) < 4.78 is 20.6. The number of nitrogens with one attached hydrogen (secondary N) is 2. The molecule has 19 heteroatoms. The fraction of sp³-hybridized carbons (Fsp3) is 0.115. The molecule has 19 nitrogen and oxygen atoms in total. The number of benzene rings is 7. The van der Waals surface area contributed by atoms with Gasteiger partial charge in [0.15, 0.2) is 11.6 Å². The number of carboxylic acid groups (broad SMARTS) is 4. The Morgan fingerprint density at radius 1 is 0.450 bits per heavy atom. The molecule has 0 amide bonds. The molecule has 0 saturated heterocycles. The molecule has 0 saturated carbocycles. The number of aromatic amines is 2. The van der Waals surface area contributed by atoms with Crippen LogP contribution in [0.15, 0.2) is 140 Å². The Morgan fingerprint density at radius 3 is 1.32 bits per heavy atom. The van der Waals surface area contributed by atoms with Gasteiger partial charge in [-0.05, 0) is 113 Å². The van der Waals surface area contributed by atoms with Crippen molar-refractivity contribution in [1.82, 2.24) is 34.9 Å². The maximum Gasteiger partial charge on any atom is 0.335 e. The lowest BCUT2D eigenvalue weighted by Gasteiger charge is -2.18. The molecule has 7 aromatic carbocycles. The van der Waals surface area contributed by atoms with Crippen molar-refractivity contribution in [3.05, 3.63) is 178 Å². The molecule has 2 aliphatic rings. The van der Waals surface area contributed by atoms with E-state index in [1.807, 2.05) is 72.3 Å². The van der Waals surface area contributed by atoms with Gasteiger partial charge in [-0.2, -0.15) is 0 Å². The van der Waals surface area contributed by atoms with E-state index in [-0.39, 0.29) is 58.1 Å². The summed E-state index contributed by atoms with van der Waals surface area (Å²) in [6, 6.07) is 39.4. The van der Waals surface area contributed by atoms with Crippen molar-refractivity contribution in [2.45, 2.75) is 39.4 Å². The molecule has 0 radical (unpaired) electrons. The normalized spacial score (nSPS) is 11.8. The first-order chi connectivity index (χ1) is 38.4. The third-order valence-corrected chi connectivity index (χ3v) is 13.8. The van der Waals surface area contributed by atoms with E-state index in [1.54, 1.807) is 24.3 Å². The summed E-state index contributed by atoms with van der Waals surface area (Å²) in [5, 5.41) is 42.0. The summed E-state index contributed by atoms with van der Waals surface area (Å²) in [4.78, 5) is 80.8. The lowest BCUT2D eigenvalue weighted by atomic mass is 9.86. The number of carbonyl (C=O) groups is 4. The van der Waals surface area contributed by atoms with Gasteiger partial charge in [-0.1, -0.05) is 79.3 Å². The van der Waals surface area contributed by atoms with Gasteiger partial charge in [-0.25, -0.2) is 38.7 Å². The number of hydrogen-bond donors (Lipinski definition) is 6. The van der Waals surface area contributed by atoms with Crippen molar-refractivity contribution >= 4 is 68.0 Å². The van der Waals surface area contributed by atoms with Crippen LogP contribution in [0.3, 0.4) is 0 Å². The van der Waals surface area contributed by atoms with E-state index in [2.05, 4.69) is 48.9 Å². The van der Waals surface area contributed by atoms with Gasteiger partial charge in [-0.15, -0.1) is 0 Å². The number of nitrogens with zero attached hydrogens (tertiary/aromatic N) is 6. The van der Waals surface area contributed by atoms with Gasteiger partial charge in [0.1, 0.15) is 47.5 Å². The quantitative estimate of drug-likeness (QED) is 0.0620. The minimum Gasteiger partial charge on any atom is -0.489 e. The van der Waals surface area contributed by atoms with Gasteiger partial charge >= 0.3 is 23.9 Å².